The highest BCUT2D eigenvalue weighted by Crippen LogP contribution is 2.23. The molecular weight excluding hydrogens is 208 g/mol. The summed E-state index contributed by atoms with van der Waals surface area (Å²) in [5.74, 6) is 0.896. The molecule has 0 aliphatic rings. The predicted molar refractivity (Wildman–Crippen MR) is 72.1 cm³/mol. The largest absolute Gasteiger partial charge is 0.236 e. The van der Waals surface area contributed by atoms with Crippen LogP contribution < -0.4 is 0 Å². The second-order valence-corrected chi connectivity index (χ2v) is 5.25. The van der Waals surface area contributed by atoms with E-state index in [1.165, 1.54) is 0 Å². The number of fused-ring (bicyclic) bond motifs is 1. The van der Waals surface area contributed by atoms with Gasteiger partial charge in [0.1, 0.15) is 5.82 Å². The van der Waals surface area contributed by atoms with Gasteiger partial charge in [0.05, 0.1) is 11.2 Å². The van der Waals surface area contributed by atoms with Crippen molar-refractivity contribution in [2.45, 2.75) is 32.6 Å². The lowest BCUT2D eigenvalue weighted by Gasteiger charge is -2.18. The number of hydrogen-bond acceptors (Lipinski definition) is 2. The molecule has 1 aromatic carbocycles. The molecule has 88 valence electrons. The Kier molecular flexibility index (Phi) is 2.97. The quantitative estimate of drug-likeness (QED) is 0.730. The highest BCUT2D eigenvalue weighted by molar-refractivity contribution is 5.81. The number of nitrogens with zero attached hydrogens (tertiary/aromatic N) is 2. The number of benzene rings is 1. The minimum Gasteiger partial charge on any atom is -0.236 e. The molecule has 0 aliphatic carbocycles. The van der Waals surface area contributed by atoms with Crippen LogP contribution in [0.5, 0.6) is 0 Å². The maximum Gasteiger partial charge on any atom is 0.134 e. The fourth-order valence-electron chi connectivity index (χ4n) is 1.77. The van der Waals surface area contributed by atoms with Crippen molar-refractivity contribution in [2.24, 2.45) is 0 Å². The van der Waals surface area contributed by atoms with E-state index in [2.05, 4.69) is 43.4 Å². The summed E-state index contributed by atoms with van der Waals surface area (Å²) in [5.41, 5.74) is 2.06. The summed E-state index contributed by atoms with van der Waals surface area (Å²) in [6, 6.07) is 8.15. The van der Waals surface area contributed by atoms with Crippen LogP contribution in [-0.4, -0.2) is 9.97 Å². The Morgan fingerprint density at radius 3 is 2.53 bits per heavy atom. The smallest absolute Gasteiger partial charge is 0.134 e. The minimum absolute atomic E-state index is 0.0278. The van der Waals surface area contributed by atoms with Gasteiger partial charge in [-0.05, 0) is 6.07 Å². The Morgan fingerprint density at radius 2 is 1.88 bits per heavy atom. The standard InChI is InChI=1S/C15H18N2/c1-5-8-12-11-9-6-7-10-13(11)17-14(16-12)15(2,3)4/h5-7,9-10H,1,8H2,2-4H3. The van der Waals surface area contributed by atoms with Gasteiger partial charge in [-0.2, -0.15) is 0 Å². The Morgan fingerprint density at radius 1 is 1.18 bits per heavy atom. The van der Waals surface area contributed by atoms with Crippen molar-refractivity contribution in [3.63, 3.8) is 0 Å². The summed E-state index contributed by atoms with van der Waals surface area (Å²) < 4.78 is 0. The first-order valence-corrected chi connectivity index (χ1v) is 5.89. The number of para-hydroxylation sites is 1. The number of rotatable bonds is 2. The zero-order chi connectivity index (χ0) is 12.5. The van der Waals surface area contributed by atoms with E-state index in [-0.39, 0.29) is 5.41 Å². The van der Waals surface area contributed by atoms with Gasteiger partial charge >= 0.3 is 0 Å². The van der Waals surface area contributed by atoms with E-state index in [0.29, 0.717) is 0 Å². The first-order valence-electron chi connectivity index (χ1n) is 5.89. The van der Waals surface area contributed by atoms with E-state index in [1.54, 1.807) is 0 Å². The van der Waals surface area contributed by atoms with E-state index in [4.69, 9.17) is 0 Å². The SMILES string of the molecule is C=CCc1nc(C(C)(C)C)nc2ccccc12. The van der Waals surface area contributed by atoms with Crippen molar-refractivity contribution in [1.29, 1.82) is 0 Å². The van der Waals surface area contributed by atoms with Crippen LogP contribution in [0.2, 0.25) is 0 Å². The highest BCUT2D eigenvalue weighted by atomic mass is 14.9. The molecule has 1 heterocycles. The van der Waals surface area contributed by atoms with E-state index in [1.807, 2.05) is 24.3 Å². The molecular formula is C15H18N2. The summed E-state index contributed by atoms with van der Waals surface area (Å²) in [5, 5.41) is 1.13. The van der Waals surface area contributed by atoms with Crippen molar-refractivity contribution in [3.05, 3.63) is 48.4 Å². The van der Waals surface area contributed by atoms with Crippen molar-refractivity contribution in [3.8, 4) is 0 Å². The van der Waals surface area contributed by atoms with Crippen molar-refractivity contribution in [1.82, 2.24) is 9.97 Å². The highest BCUT2D eigenvalue weighted by Gasteiger charge is 2.19. The van der Waals surface area contributed by atoms with Crippen LogP contribution in [0.25, 0.3) is 10.9 Å². The summed E-state index contributed by atoms with van der Waals surface area (Å²) in [6.07, 6.45) is 2.67. The van der Waals surface area contributed by atoms with E-state index >= 15 is 0 Å². The minimum atomic E-state index is -0.0278. The van der Waals surface area contributed by atoms with Crippen LogP contribution in [0.15, 0.2) is 36.9 Å². The molecule has 0 spiro atoms. The van der Waals surface area contributed by atoms with Crippen LogP contribution in [0.1, 0.15) is 32.3 Å². The lowest BCUT2D eigenvalue weighted by Crippen LogP contribution is -2.17. The molecule has 0 bridgehead atoms. The maximum atomic E-state index is 4.68. The molecule has 0 N–H and O–H groups in total. The van der Waals surface area contributed by atoms with E-state index in [9.17, 15) is 0 Å². The fraction of sp³-hybridized carbons (Fsp3) is 0.333. The number of aromatic nitrogens is 2. The Bertz CT molecular complexity index is 550. The maximum absolute atomic E-state index is 4.68. The first-order chi connectivity index (χ1) is 8.02. The molecule has 2 aromatic rings. The monoisotopic (exact) mass is 226 g/mol. The van der Waals surface area contributed by atoms with Crippen LogP contribution in [-0.2, 0) is 11.8 Å². The number of allylic oxidation sites excluding steroid dienone is 1. The lowest BCUT2D eigenvalue weighted by atomic mass is 9.95. The zero-order valence-electron chi connectivity index (χ0n) is 10.7. The second kappa shape index (κ2) is 4.28. The van der Waals surface area contributed by atoms with Gasteiger partial charge in [0.25, 0.3) is 0 Å². The molecule has 0 aliphatic heterocycles. The Balaban J connectivity index is 2.71. The average Bonchev–Trinajstić information content (AvgIpc) is 2.28. The van der Waals surface area contributed by atoms with Gasteiger partial charge in [0, 0.05) is 17.2 Å². The molecule has 2 heteroatoms. The normalized spacial score (nSPS) is 11.7. The third kappa shape index (κ3) is 2.36. The Labute approximate surface area is 102 Å². The van der Waals surface area contributed by atoms with Gasteiger partial charge in [-0.15, -0.1) is 6.58 Å². The summed E-state index contributed by atoms with van der Waals surface area (Å²) >= 11 is 0. The second-order valence-electron chi connectivity index (χ2n) is 5.25. The van der Waals surface area contributed by atoms with Crippen LogP contribution in [0.3, 0.4) is 0 Å². The van der Waals surface area contributed by atoms with Gasteiger partial charge in [-0.3, -0.25) is 0 Å². The van der Waals surface area contributed by atoms with Crippen LogP contribution >= 0.6 is 0 Å². The molecule has 1 aromatic heterocycles. The molecule has 2 rings (SSSR count). The van der Waals surface area contributed by atoms with Crippen molar-refractivity contribution < 1.29 is 0 Å². The van der Waals surface area contributed by atoms with Gasteiger partial charge < -0.3 is 0 Å². The van der Waals surface area contributed by atoms with Gasteiger partial charge in [0.2, 0.25) is 0 Å². The molecule has 0 amide bonds. The molecule has 0 radical (unpaired) electrons. The van der Waals surface area contributed by atoms with Crippen LogP contribution in [0, 0.1) is 0 Å². The average molecular weight is 226 g/mol. The summed E-state index contributed by atoms with van der Waals surface area (Å²) in [7, 11) is 0. The summed E-state index contributed by atoms with van der Waals surface area (Å²) in [6.45, 7) is 10.2. The van der Waals surface area contributed by atoms with Gasteiger partial charge in [-0.1, -0.05) is 45.0 Å². The fourth-order valence-corrected chi connectivity index (χ4v) is 1.77. The van der Waals surface area contributed by atoms with E-state index in [0.717, 1.165) is 28.8 Å². The van der Waals surface area contributed by atoms with Crippen molar-refractivity contribution >= 4 is 10.9 Å². The first kappa shape index (κ1) is 11.8. The molecule has 2 nitrogen and oxygen atoms in total. The molecule has 0 saturated heterocycles. The molecule has 0 atom stereocenters. The third-order valence-electron chi connectivity index (χ3n) is 2.69. The molecule has 0 unspecified atom stereocenters. The van der Waals surface area contributed by atoms with Crippen molar-refractivity contribution in [2.75, 3.05) is 0 Å². The summed E-state index contributed by atoms with van der Waals surface area (Å²) in [4.78, 5) is 9.32. The zero-order valence-corrected chi connectivity index (χ0v) is 10.7. The topological polar surface area (TPSA) is 25.8 Å². The lowest BCUT2D eigenvalue weighted by molar-refractivity contribution is 0.546. The molecule has 17 heavy (non-hydrogen) atoms. The third-order valence-corrected chi connectivity index (χ3v) is 2.69. The molecule has 0 saturated carbocycles. The van der Waals surface area contributed by atoms with Gasteiger partial charge in [0.15, 0.2) is 0 Å². The number of hydrogen-bond donors (Lipinski definition) is 0. The predicted octanol–water partition coefficient (Wildman–Crippen LogP) is 3.66. The Hall–Kier alpha value is -1.70. The van der Waals surface area contributed by atoms with Crippen LogP contribution in [0.4, 0.5) is 0 Å². The van der Waals surface area contributed by atoms with E-state index < -0.39 is 0 Å². The van der Waals surface area contributed by atoms with Gasteiger partial charge in [-0.25, -0.2) is 9.97 Å². The molecule has 0 fully saturated rings.